The molecule has 0 saturated carbocycles. The number of carbonyl (C=O) groups is 1. The number of amides is 1. The van der Waals surface area contributed by atoms with Crippen molar-refractivity contribution in [3.05, 3.63) is 95.2 Å². The van der Waals surface area contributed by atoms with Crippen LogP contribution in [-0.4, -0.2) is 24.7 Å². The summed E-state index contributed by atoms with van der Waals surface area (Å²) in [6.07, 6.45) is 1.82. The molecule has 0 aliphatic carbocycles. The van der Waals surface area contributed by atoms with Crippen molar-refractivity contribution in [3.63, 3.8) is 0 Å². The number of methoxy groups -OCH3 is 2. The first-order chi connectivity index (χ1) is 15.5. The molecule has 0 fully saturated rings. The average molecular weight is 436 g/mol. The number of benzene rings is 3. The second-order valence-electron chi connectivity index (χ2n) is 7.32. The van der Waals surface area contributed by atoms with Crippen LogP contribution in [-0.2, 0) is 13.1 Å². The molecule has 4 aromatic rings. The highest BCUT2D eigenvalue weighted by molar-refractivity contribution is 5.98. The molecule has 1 heterocycles. The van der Waals surface area contributed by atoms with E-state index in [9.17, 15) is 13.6 Å². The molecule has 0 bridgehead atoms. The van der Waals surface area contributed by atoms with Gasteiger partial charge in [-0.3, -0.25) is 4.79 Å². The van der Waals surface area contributed by atoms with Gasteiger partial charge in [-0.05, 0) is 48.0 Å². The van der Waals surface area contributed by atoms with Crippen molar-refractivity contribution >= 4 is 16.8 Å². The lowest BCUT2D eigenvalue weighted by atomic mass is 10.1. The first-order valence-corrected chi connectivity index (χ1v) is 10.0. The molecule has 32 heavy (non-hydrogen) atoms. The molecule has 0 aliphatic rings. The molecule has 7 heteroatoms. The molecule has 5 nitrogen and oxygen atoms in total. The van der Waals surface area contributed by atoms with Gasteiger partial charge in [-0.25, -0.2) is 8.78 Å². The van der Waals surface area contributed by atoms with Gasteiger partial charge >= 0.3 is 0 Å². The summed E-state index contributed by atoms with van der Waals surface area (Å²) in [4.78, 5) is 12.7. The molecule has 4 rings (SSSR count). The Hall–Kier alpha value is -3.87. The molecular formula is C25H22F2N2O3. The Morgan fingerprint density at radius 2 is 1.75 bits per heavy atom. The predicted octanol–water partition coefficient (Wildman–Crippen LogP) is 4.92. The number of rotatable bonds is 7. The van der Waals surface area contributed by atoms with Crippen LogP contribution in [0.25, 0.3) is 10.9 Å². The fourth-order valence-electron chi connectivity index (χ4n) is 3.59. The van der Waals surface area contributed by atoms with Crippen LogP contribution in [0.15, 0.2) is 66.9 Å². The van der Waals surface area contributed by atoms with E-state index in [0.29, 0.717) is 29.2 Å². The minimum atomic E-state index is -0.604. The van der Waals surface area contributed by atoms with Gasteiger partial charge in [0.15, 0.2) is 11.5 Å². The van der Waals surface area contributed by atoms with Gasteiger partial charge in [-0.2, -0.15) is 0 Å². The highest BCUT2D eigenvalue weighted by Gasteiger charge is 2.11. The van der Waals surface area contributed by atoms with E-state index in [1.807, 2.05) is 35.0 Å². The van der Waals surface area contributed by atoms with Crippen molar-refractivity contribution in [2.24, 2.45) is 0 Å². The lowest BCUT2D eigenvalue weighted by Crippen LogP contribution is -2.22. The minimum Gasteiger partial charge on any atom is -0.493 e. The number of aromatic nitrogens is 1. The molecule has 1 amide bonds. The fourth-order valence-corrected chi connectivity index (χ4v) is 3.59. The Morgan fingerprint density at radius 3 is 2.50 bits per heavy atom. The van der Waals surface area contributed by atoms with E-state index in [4.69, 9.17) is 9.47 Å². The lowest BCUT2D eigenvalue weighted by Gasteiger charge is -2.11. The maximum Gasteiger partial charge on any atom is 0.251 e. The summed E-state index contributed by atoms with van der Waals surface area (Å²) >= 11 is 0. The van der Waals surface area contributed by atoms with Crippen LogP contribution in [0.5, 0.6) is 11.5 Å². The fraction of sp³-hybridized carbons (Fsp3) is 0.160. The molecular weight excluding hydrogens is 414 g/mol. The second-order valence-corrected chi connectivity index (χ2v) is 7.32. The third kappa shape index (κ3) is 4.42. The van der Waals surface area contributed by atoms with Crippen molar-refractivity contribution in [3.8, 4) is 11.5 Å². The predicted molar refractivity (Wildman–Crippen MR) is 118 cm³/mol. The standard InChI is InChI=1S/C25H22F2N2O3/c1-31-23-8-3-16(11-24(23)32-2)14-28-25(30)18-5-7-22-17(12-18)9-10-29(22)15-19-4-6-20(26)13-21(19)27/h3-13H,14-15H2,1-2H3,(H,28,30). The summed E-state index contributed by atoms with van der Waals surface area (Å²) in [6.45, 7) is 0.600. The lowest BCUT2D eigenvalue weighted by molar-refractivity contribution is 0.0951. The summed E-state index contributed by atoms with van der Waals surface area (Å²) in [5.41, 5.74) is 2.64. The van der Waals surface area contributed by atoms with Crippen molar-refractivity contribution in [1.29, 1.82) is 0 Å². The largest absolute Gasteiger partial charge is 0.493 e. The van der Waals surface area contributed by atoms with Crippen LogP contribution >= 0.6 is 0 Å². The van der Waals surface area contributed by atoms with Crippen LogP contribution < -0.4 is 14.8 Å². The Bertz CT molecular complexity index is 1280. The molecule has 0 atom stereocenters. The smallest absolute Gasteiger partial charge is 0.251 e. The number of nitrogens with zero attached hydrogens (tertiary/aromatic N) is 1. The van der Waals surface area contributed by atoms with Gasteiger partial charge < -0.3 is 19.4 Å². The van der Waals surface area contributed by atoms with E-state index >= 15 is 0 Å². The van der Waals surface area contributed by atoms with Gasteiger partial charge in [-0.15, -0.1) is 0 Å². The van der Waals surface area contributed by atoms with Gasteiger partial charge in [0.05, 0.1) is 20.8 Å². The maximum atomic E-state index is 14.0. The molecule has 3 aromatic carbocycles. The van der Waals surface area contributed by atoms with Gasteiger partial charge in [0.1, 0.15) is 11.6 Å². The van der Waals surface area contributed by atoms with E-state index in [1.165, 1.54) is 12.1 Å². The molecule has 0 saturated heterocycles. The average Bonchev–Trinajstić information content (AvgIpc) is 3.21. The quantitative estimate of drug-likeness (QED) is 0.448. The highest BCUT2D eigenvalue weighted by Crippen LogP contribution is 2.27. The molecule has 0 radical (unpaired) electrons. The molecule has 0 aliphatic heterocycles. The van der Waals surface area contributed by atoms with Crippen molar-refractivity contribution in [2.75, 3.05) is 14.2 Å². The zero-order valence-corrected chi connectivity index (χ0v) is 17.7. The van der Waals surface area contributed by atoms with E-state index < -0.39 is 11.6 Å². The molecule has 1 aromatic heterocycles. The first kappa shape index (κ1) is 21.4. The van der Waals surface area contributed by atoms with Crippen molar-refractivity contribution in [2.45, 2.75) is 13.1 Å². The van der Waals surface area contributed by atoms with Crippen molar-refractivity contribution < 1.29 is 23.0 Å². The number of hydrogen-bond acceptors (Lipinski definition) is 3. The van der Waals surface area contributed by atoms with E-state index in [1.54, 1.807) is 32.4 Å². The number of nitrogens with one attached hydrogen (secondary N) is 1. The molecule has 0 spiro atoms. The maximum absolute atomic E-state index is 14.0. The Labute approximate surface area is 184 Å². The number of fused-ring (bicyclic) bond motifs is 1. The third-order valence-electron chi connectivity index (χ3n) is 5.29. The van der Waals surface area contributed by atoms with Gasteiger partial charge in [0, 0.05) is 40.8 Å². The van der Waals surface area contributed by atoms with Crippen molar-refractivity contribution in [1.82, 2.24) is 9.88 Å². The first-order valence-electron chi connectivity index (χ1n) is 10.0. The van der Waals surface area contributed by atoms with Gasteiger partial charge in [0.25, 0.3) is 5.91 Å². The zero-order valence-electron chi connectivity index (χ0n) is 17.7. The summed E-state index contributed by atoms with van der Waals surface area (Å²) in [5, 5.41) is 3.75. The van der Waals surface area contributed by atoms with Crippen LogP contribution in [0.1, 0.15) is 21.5 Å². The number of hydrogen-bond donors (Lipinski definition) is 1. The third-order valence-corrected chi connectivity index (χ3v) is 5.29. The highest BCUT2D eigenvalue weighted by atomic mass is 19.1. The summed E-state index contributed by atoms with van der Waals surface area (Å²) < 4.78 is 39.5. The van der Waals surface area contributed by atoms with Gasteiger partial charge in [0.2, 0.25) is 0 Å². The monoisotopic (exact) mass is 436 g/mol. The number of ether oxygens (including phenoxy) is 2. The molecule has 0 unspecified atom stereocenters. The van der Waals surface area contributed by atoms with E-state index in [0.717, 1.165) is 22.5 Å². The van der Waals surface area contributed by atoms with Crippen LogP contribution in [0, 0.1) is 11.6 Å². The summed E-state index contributed by atoms with van der Waals surface area (Å²) in [6, 6.07) is 16.2. The second kappa shape index (κ2) is 9.09. The van der Waals surface area contributed by atoms with E-state index in [-0.39, 0.29) is 12.5 Å². The molecule has 1 N–H and O–H groups in total. The SMILES string of the molecule is COc1ccc(CNC(=O)c2ccc3c(ccn3Cc3ccc(F)cc3F)c2)cc1OC. The van der Waals surface area contributed by atoms with Crippen LogP contribution in [0.4, 0.5) is 8.78 Å². The summed E-state index contributed by atoms with van der Waals surface area (Å²) in [5.74, 6) is -0.179. The van der Waals surface area contributed by atoms with E-state index in [2.05, 4.69) is 5.32 Å². The normalized spacial score (nSPS) is 10.9. The minimum absolute atomic E-state index is 0.209. The van der Waals surface area contributed by atoms with Crippen LogP contribution in [0.2, 0.25) is 0 Å². The Kier molecular flexibility index (Phi) is 6.07. The zero-order chi connectivity index (χ0) is 22.7. The molecule has 164 valence electrons. The number of carbonyl (C=O) groups excluding carboxylic acids is 1. The number of halogens is 2. The Balaban J connectivity index is 1.47. The summed E-state index contributed by atoms with van der Waals surface area (Å²) in [7, 11) is 3.13. The topological polar surface area (TPSA) is 52.5 Å². The van der Waals surface area contributed by atoms with Gasteiger partial charge in [-0.1, -0.05) is 12.1 Å². The Morgan fingerprint density at radius 1 is 0.938 bits per heavy atom. The van der Waals surface area contributed by atoms with Crippen LogP contribution in [0.3, 0.4) is 0 Å².